The minimum atomic E-state index is -0.882. The maximum absolute atomic E-state index is 12.1. The Labute approximate surface area is 113 Å². The van der Waals surface area contributed by atoms with E-state index in [0.29, 0.717) is 6.54 Å². The number of nitrogens with zero attached hydrogens (tertiary/aromatic N) is 2. The van der Waals surface area contributed by atoms with Gasteiger partial charge in [-0.25, -0.2) is 0 Å². The van der Waals surface area contributed by atoms with E-state index in [2.05, 4.69) is 4.98 Å². The van der Waals surface area contributed by atoms with E-state index < -0.39 is 11.4 Å². The third kappa shape index (κ3) is 5.50. The van der Waals surface area contributed by atoms with Crippen LogP contribution in [0.3, 0.4) is 0 Å². The molecule has 0 aliphatic heterocycles. The van der Waals surface area contributed by atoms with Gasteiger partial charge < -0.3 is 10.0 Å². The van der Waals surface area contributed by atoms with Crippen molar-refractivity contribution >= 4 is 11.9 Å². The van der Waals surface area contributed by atoms with Crippen molar-refractivity contribution in [2.75, 3.05) is 7.05 Å². The van der Waals surface area contributed by atoms with Crippen LogP contribution in [0.5, 0.6) is 0 Å². The van der Waals surface area contributed by atoms with Crippen molar-refractivity contribution in [2.24, 2.45) is 5.41 Å². The quantitative estimate of drug-likeness (QED) is 0.852. The molecule has 1 aromatic heterocycles. The van der Waals surface area contributed by atoms with Crippen molar-refractivity contribution in [3.8, 4) is 0 Å². The second kappa shape index (κ2) is 6.31. The number of aliphatic carboxylic acids is 1. The Kier molecular flexibility index (Phi) is 5.03. The zero-order valence-electron chi connectivity index (χ0n) is 11.6. The average Bonchev–Trinajstić information content (AvgIpc) is 2.27. The molecule has 104 valence electrons. The summed E-state index contributed by atoms with van der Waals surface area (Å²) in [5, 5.41) is 8.80. The number of carbonyl (C=O) groups is 2. The van der Waals surface area contributed by atoms with Crippen molar-refractivity contribution in [2.45, 2.75) is 33.2 Å². The summed E-state index contributed by atoms with van der Waals surface area (Å²) in [6.07, 6.45) is 3.60. The fraction of sp³-hybridized carbons (Fsp3) is 0.500. The lowest BCUT2D eigenvalue weighted by molar-refractivity contribution is -0.140. The van der Waals surface area contributed by atoms with Crippen LogP contribution < -0.4 is 0 Å². The predicted octanol–water partition coefficient (Wildman–Crippen LogP) is 1.93. The molecule has 0 aliphatic rings. The Bertz CT molecular complexity index is 443. The Morgan fingerprint density at radius 2 is 2.05 bits per heavy atom. The summed E-state index contributed by atoms with van der Waals surface area (Å²) in [5.41, 5.74) is 0.418. The van der Waals surface area contributed by atoms with E-state index in [1.807, 2.05) is 12.1 Å². The number of hydrogen-bond donors (Lipinski definition) is 1. The van der Waals surface area contributed by atoms with Gasteiger partial charge in [0.2, 0.25) is 5.91 Å². The molecule has 0 atom stereocenters. The molecule has 1 N–H and O–H groups in total. The van der Waals surface area contributed by atoms with Crippen LogP contribution in [0, 0.1) is 5.41 Å². The van der Waals surface area contributed by atoms with Crippen LogP contribution in [0.2, 0.25) is 0 Å². The molecule has 0 bridgehead atoms. The van der Waals surface area contributed by atoms with Crippen molar-refractivity contribution in [3.05, 3.63) is 30.1 Å². The van der Waals surface area contributed by atoms with Gasteiger partial charge in [-0.3, -0.25) is 14.6 Å². The topological polar surface area (TPSA) is 70.5 Å². The normalized spacial score (nSPS) is 11.1. The molecule has 0 saturated heterocycles. The van der Waals surface area contributed by atoms with Crippen LogP contribution in [0.25, 0.3) is 0 Å². The van der Waals surface area contributed by atoms with Gasteiger partial charge in [0, 0.05) is 32.4 Å². The van der Waals surface area contributed by atoms with E-state index in [1.54, 1.807) is 38.2 Å². The molecule has 1 aromatic rings. The van der Waals surface area contributed by atoms with Crippen molar-refractivity contribution < 1.29 is 14.7 Å². The van der Waals surface area contributed by atoms with Gasteiger partial charge in [-0.15, -0.1) is 0 Å². The molecule has 19 heavy (non-hydrogen) atoms. The Balaban J connectivity index is 2.56. The highest BCUT2D eigenvalue weighted by Crippen LogP contribution is 2.26. The van der Waals surface area contributed by atoms with E-state index in [4.69, 9.17) is 5.11 Å². The van der Waals surface area contributed by atoms with Crippen LogP contribution in [0.15, 0.2) is 24.5 Å². The van der Waals surface area contributed by atoms with E-state index >= 15 is 0 Å². The maximum Gasteiger partial charge on any atom is 0.303 e. The molecule has 1 rings (SSSR count). The molecule has 0 spiro atoms. The first-order valence-electron chi connectivity index (χ1n) is 6.15. The van der Waals surface area contributed by atoms with Gasteiger partial charge in [-0.1, -0.05) is 19.9 Å². The second-order valence-electron chi connectivity index (χ2n) is 5.52. The highest BCUT2D eigenvalue weighted by Gasteiger charge is 2.26. The first-order valence-corrected chi connectivity index (χ1v) is 6.15. The summed E-state index contributed by atoms with van der Waals surface area (Å²) in [5.74, 6) is -0.942. The van der Waals surface area contributed by atoms with Crippen LogP contribution >= 0.6 is 0 Å². The number of carboxylic acids is 1. The first kappa shape index (κ1) is 15.1. The van der Waals surface area contributed by atoms with Gasteiger partial charge in [0.25, 0.3) is 0 Å². The number of carbonyl (C=O) groups excluding carboxylic acids is 1. The van der Waals surface area contributed by atoms with Crippen LogP contribution in [-0.4, -0.2) is 33.9 Å². The van der Waals surface area contributed by atoms with E-state index in [0.717, 1.165) is 5.56 Å². The zero-order chi connectivity index (χ0) is 14.5. The molecule has 1 heterocycles. The van der Waals surface area contributed by atoms with E-state index in [-0.39, 0.29) is 18.7 Å². The lowest BCUT2D eigenvalue weighted by Crippen LogP contribution is -2.31. The van der Waals surface area contributed by atoms with Gasteiger partial charge in [0.05, 0.1) is 6.42 Å². The number of amides is 1. The molecular weight excluding hydrogens is 244 g/mol. The van der Waals surface area contributed by atoms with Gasteiger partial charge in [0.15, 0.2) is 0 Å². The summed E-state index contributed by atoms with van der Waals surface area (Å²) in [6.45, 7) is 4.06. The number of pyridine rings is 1. The second-order valence-corrected chi connectivity index (χ2v) is 5.52. The smallest absolute Gasteiger partial charge is 0.303 e. The van der Waals surface area contributed by atoms with Crippen LogP contribution in [0.1, 0.15) is 32.3 Å². The highest BCUT2D eigenvalue weighted by atomic mass is 16.4. The Hall–Kier alpha value is -1.91. The number of hydrogen-bond acceptors (Lipinski definition) is 3. The van der Waals surface area contributed by atoms with Gasteiger partial charge in [-0.2, -0.15) is 0 Å². The summed E-state index contributed by atoms with van der Waals surface area (Å²) < 4.78 is 0. The van der Waals surface area contributed by atoms with Crippen molar-refractivity contribution in [1.82, 2.24) is 9.88 Å². The molecule has 1 amide bonds. The molecule has 0 aromatic carbocycles. The molecule has 0 unspecified atom stereocenters. The van der Waals surface area contributed by atoms with Gasteiger partial charge >= 0.3 is 5.97 Å². The molecule has 5 nitrogen and oxygen atoms in total. The molecule has 0 saturated carbocycles. The molecular formula is C14H20N2O3. The molecule has 5 heteroatoms. The summed E-state index contributed by atoms with van der Waals surface area (Å²) in [7, 11) is 1.71. The van der Waals surface area contributed by atoms with Crippen LogP contribution in [-0.2, 0) is 16.1 Å². The van der Waals surface area contributed by atoms with Crippen LogP contribution in [0.4, 0.5) is 0 Å². The number of carboxylic acid groups (broad SMARTS) is 1. The average molecular weight is 264 g/mol. The van der Waals surface area contributed by atoms with Gasteiger partial charge in [0.1, 0.15) is 0 Å². The summed E-state index contributed by atoms with van der Waals surface area (Å²) in [6, 6.07) is 3.72. The lowest BCUT2D eigenvalue weighted by Gasteiger charge is -2.25. The molecule has 0 fully saturated rings. The van der Waals surface area contributed by atoms with E-state index in [1.165, 1.54) is 0 Å². The SMILES string of the molecule is CN(Cc1cccnc1)C(=O)CC(C)(C)CC(=O)O. The predicted molar refractivity (Wildman–Crippen MR) is 71.4 cm³/mol. The minimum absolute atomic E-state index is 0.0144. The van der Waals surface area contributed by atoms with E-state index in [9.17, 15) is 9.59 Å². The largest absolute Gasteiger partial charge is 0.481 e. The Morgan fingerprint density at radius 3 is 2.58 bits per heavy atom. The third-order valence-electron chi connectivity index (χ3n) is 2.83. The fourth-order valence-electron chi connectivity index (χ4n) is 1.87. The van der Waals surface area contributed by atoms with Crippen molar-refractivity contribution in [1.29, 1.82) is 0 Å². The standard InChI is InChI=1S/C14H20N2O3/c1-14(2,8-13(18)19)7-12(17)16(3)10-11-5-4-6-15-9-11/h4-6,9H,7-8,10H2,1-3H3,(H,18,19). The molecule has 0 radical (unpaired) electrons. The molecule has 0 aliphatic carbocycles. The summed E-state index contributed by atoms with van der Waals surface area (Å²) >= 11 is 0. The monoisotopic (exact) mass is 264 g/mol. The highest BCUT2D eigenvalue weighted by molar-refractivity contribution is 5.77. The summed E-state index contributed by atoms with van der Waals surface area (Å²) in [4.78, 5) is 28.4. The van der Waals surface area contributed by atoms with Crippen molar-refractivity contribution in [3.63, 3.8) is 0 Å². The maximum atomic E-state index is 12.1. The first-order chi connectivity index (χ1) is 8.80. The number of rotatable bonds is 6. The Morgan fingerprint density at radius 1 is 1.37 bits per heavy atom. The zero-order valence-corrected chi connectivity index (χ0v) is 11.6. The minimum Gasteiger partial charge on any atom is -0.481 e. The lowest BCUT2D eigenvalue weighted by atomic mass is 9.85. The number of aromatic nitrogens is 1. The van der Waals surface area contributed by atoms with Gasteiger partial charge in [-0.05, 0) is 17.0 Å². The fourth-order valence-corrected chi connectivity index (χ4v) is 1.87. The third-order valence-corrected chi connectivity index (χ3v) is 2.83.